The molecule has 0 aliphatic carbocycles. The average Bonchev–Trinajstić information content (AvgIpc) is 3.09. The molecular formula is C22H32AsClN4O3. The van der Waals surface area contributed by atoms with Crippen molar-refractivity contribution in [3.63, 3.8) is 0 Å². The Morgan fingerprint density at radius 2 is 2.03 bits per heavy atom. The Labute approximate surface area is 198 Å². The smallest absolute Gasteiger partial charge is 0.147 e. The summed E-state index contributed by atoms with van der Waals surface area (Å²) in [5, 5.41) is 3.90. The van der Waals surface area contributed by atoms with Crippen molar-refractivity contribution >= 4 is 61.6 Å². The molecule has 0 bridgehead atoms. The molecular weight excluding hydrogens is 479 g/mol. The van der Waals surface area contributed by atoms with Crippen LogP contribution in [0.4, 0.5) is 0 Å². The van der Waals surface area contributed by atoms with Gasteiger partial charge in [0, 0.05) is 0 Å². The molecule has 170 valence electrons. The molecule has 9 heteroatoms. The van der Waals surface area contributed by atoms with E-state index in [9.17, 15) is 4.79 Å². The molecule has 0 aliphatic heterocycles. The summed E-state index contributed by atoms with van der Waals surface area (Å²) in [5.41, 5.74) is 2.96. The van der Waals surface area contributed by atoms with E-state index in [1.807, 2.05) is 39.0 Å². The van der Waals surface area contributed by atoms with Crippen LogP contribution in [-0.4, -0.2) is 57.1 Å². The summed E-state index contributed by atoms with van der Waals surface area (Å²) in [6, 6.07) is 5.95. The molecule has 0 saturated heterocycles. The Balaban J connectivity index is 0.00000341. The first-order chi connectivity index (χ1) is 14.5. The van der Waals surface area contributed by atoms with Gasteiger partial charge in [-0.15, -0.1) is 12.4 Å². The molecule has 2 aromatic heterocycles. The van der Waals surface area contributed by atoms with Gasteiger partial charge in [0.1, 0.15) is 0 Å². The number of pyridine rings is 1. The average molecular weight is 511 g/mol. The van der Waals surface area contributed by atoms with E-state index < -0.39 is 0 Å². The summed E-state index contributed by atoms with van der Waals surface area (Å²) in [6.45, 7) is 10.8. The van der Waals surface area contributed by atoms with Gasteiger partial charge in [-0.1, -0.05) is 13.8 Å². The van der Waals surface area contributed by atoms with Gasteiger partial charge in [0.05, 0.1) is 0 Å². The van der Waals surface area contributed by atoms with Crippen LogP contribution in [0, 0.1) is 5.92 Å². The molecule has 7 nitrogen and oxygen atoms in total. The molecule has 1 N–H and O–H groups in total. The van der Waals surface area contributed by atoms with Crippen molar-refractivity contribution in [1.29, 1.82) is 0 Å². The molecule has 3 rings (SSSR count). The van der Waals surface area contributed by atoms with Crippen molar-refractivity contribution in [3.8, 4) is 5.75 Å². The van der Waals surface area contributed by atoms with Crippen molar-refractivity contribution < 1.29 is 14.3 Å². The molecule has 0 aliphatic rings. The van der Waals surface area contributed by atoms with Crippen LogP contribution in [0.5, 0.6) is 5.75 Å². The van der Waals surface area contributed by atoms with E-state index in [-0.39, 0.29) is 24.2 Å². The van der Waals surface area contributed by atoms with Gasteiger partial charge in [-0.05, 0) is 0 Å². The number of ether oxygens (including phenoxy) is 2. The summed E-state index contributed by atoms with van der Waals surface area (Å²) >= 11 is 1.47. The number of carbonyl (C=O) groups is 1. The number of amides is 1. The van der Waals surface area contributed by atoms with E-state index in [2.05, 4.69) is 16.8 Å². The predicted octanol–water partition coefficient (Wildman–Crippen LogP) is 2.36. The second-order valence-corrected chi connectivity index (χ2v) is 8.63. The van der Waals surface area contributed by atoms with Gasteiger partial charge >= 0.3 is 172 Å². The van der Waals surface area contributed by atoms with Crippen molar-refractivity contribution in [1.82, 2.24) is 19.9 Å². The molecule has 2 heterocycles. The van der Waals surface area contributed by atoms with Gasteiger partial charge < -0.3 is 0 Å². The molecule has 1 atom stereocenters. The Morgan fingerprint density at radius 3 is 2.71 bits per heavy atom. The molecule has 0 spiro atoms. The van der Waals surface area contributed by atoms with E-state index in [4.69, 9.17) is 19.4 Å². The number of aromatic nitrogens is 3. The molecule has 0 fully saturated rings. The first-order valence-corrected chi connectivity index (χ1v) is 11.7. The van der Waals surface area contributed by atoms with Crippen LogP contribution < -0.4 is 14.5 Å². The van der Waals surface area contributed by atoms with Crippen LogP contribution in [-0.2, 0) is 22.7 Å². The minimum Gasteiger partial charge on any atom is -0.147 e. The molecule has 1 amide bonds. The fourth-order valence-electron chi connectivity index (χ4n) is 3.34. The Morgan fingerprint density at radius 1 is 1.26 bits per heavy atom. The zero-order chi connectivity index (χ0) is 21.7. The second kappa shape index (κ2) is 11.7. The number of hydrogen-bond donors (Lipinski definition) is 1. The standard InChI is InChI=1S/C22H31AsN4O3.ClH/c1-5-10-27-18(13-29-6-2)26-19-20(27)16-12-15(7-8-17(16)25-21(19)23)30-11-9-24-22(28)14(3)4;/h7-8,12,14H,5-6,9-11,13,23H2,1-4H3,(H,24,28);1H. The van der Waals surface area contributed by atoms with Crippen molar-refractivity contribution in [2.75, 3.05) is 19.8 Å². The minimum atomic E-state index is -0.0281. The number of nitrogens with one attached hydrogen (secondary N) is 1. The largest absolute Gasteiger partial charge is 0.147 e. The normalized spacial score (nSPS) is 11.2. The maximum absolute atomic E-state index is 11.7. The van der Waals surface area contributed by atoms with Crippen molar-refractivity contribution in [2.24, 2.45) is 5.92 Å². The molecule has 3 aromatic rings. The van der Waals surface area contributed by atoms with Crippen molar-refractivity contribution in [2.45, 2.75) is 47.3 Å². The van der Waals surface area contributed by atoms with E-state index in [1.54, 1.807) is 0 Å². The summed E-state index contributed by atoms with van der Waals surface area (Å²) in [5.74, 6) is 1.70. The third-order valence-corrected chi connectivity index (χ3v) is 5.67. The van der Waals surface area contributed by atoms with Crippen LogP contribution in [0.2, 0.25) is 0 Å². The van der Waals surface area contributed by atoms with Crippen LogP contribution in [0.25, 0.3) is 21.9 Å². The number of fused-ring (bicyclic) bond motifs is 3. The van der Waals surface area contributed by atoms with E-state index in [0.717, 1.165) is 51.0 Å². The first-order valence-electron chi connectivity index (χ1n) is 10.5. The summed E-state index contributed by atoms with van der Waals surface area (Å²) in [4.78, 5) is 21.3. The summed E-state index contributed by atoms with van der Waals surface area (Å²) < 4.78 is 14.8. The maximum Gasteiger partial charge on any atom is -0.147 e. The number of imidazole rings is 1. The second-order valence-electron chi connectivity index (χ2n) is 7.48. The Kier molecular flexibility index (Phi) is 9.60. The van der Waals surface area contributed by atoms with E-state index >= 15 is 0 Å². The monoisotopic (exact) mass is 510 g/mol. The van der Waals surface area contributed by atoms with Gasteiger partial charge in [0.25, 0.3) is 0 Å². The fourth-order valence-corrected chi connectivity index (χ4v) is 4.05. The third-order valence-electron chi connectivity index (χ3n) is 4.83. The third kappa shape index (κ3) is 5.91. The zero-order valence-electron chi connectivity index (χ0n) is 18.6. The van der Waals surface area contributed by atoms with Crippen LogP contribution in [0.15, 0.2) is 18.2 Å². The van der Waals surface area contributed by atoms with E-state index in [0.29, 0.717) is 26.4 Å². The SMILES string of the molecule is CCCn1c(COCC)nc2c([AsH2])nc3ccc(OCCNC(=O)C(C)C)cc3c21.Cl. The van der Waals surface area contributed by atoms with Gasteiger partial charge in [-0.25, -0.2) is 0 Å². The van der Waals surface area contributed by atoms with Gasteiger partial charge in [-0.3, -0.25) is 0 Å². The molecule has 0 radical (unpaired) electrons. The molecule has 31 heavy (non-hydrogen) atoms. The number of nitrogens with zero attached hydrogens (tertiary/aromatic N) is 3. The fraction of sp³-hybridized carbons (Fsp3) is 0.500. The summed E-state index contributed by atoms with van der Waals surface area (Å²) in [6.07, 6.45) is 1.00. The van der Waals surface area contributed by atoms with Gasteiger partial charge in [0.2, 0.25) is 0 Å². The van der Waals surface area contributed by atoms with Gasteiger partial charge in [0.15, 0.2) is 0 Å². The number of carbonyl (C=O) groups excluding carboxylic acids is 1. The number of halogens is 1. The Hall–Kier alpha value is -1.82. The number of hydrogen-bond acceptors (Lipinski definition) is 5. The maximum atomic E-state index is 11.7. The van der Waals surface area contributed by atoms with Crippen LogP contribution in [0.3, 0.4) is 0 Å². The summed E-state index contributed by atoms with van der Waals surface area (Å²) in [7, 11) is 0. The van der Waals surface area contributed by atoms with Crippen molar-refractivity contribution in [3.05, 3.63) is 24.0 Å². The van der Waals surface area contributed by atoms with Crippen LogP contribution >= 0.6 is 12.4 Å². The number of aryl methyl sites for hydroxylation is 1. The molecule has 0 saturated carbocycles. The van der Waals surface area contributed by atoms with E-state index in [1.165, 1.54) is 16.9 Å². The first kappa shape index (κ1) is 25.4. The Bertz CT molecular complexity index is 1040. The molecule has 1 aromatic carbocycles. The van der Waals surface area contributed by atoms with Crippen LogP contribution in [0.1, 0.15) is 39.9 Å². The predicted molar refractivity (Wildman–Crippen MR) is 129 cm³/mol. The quantitative estimate of drug-likeness (QED) is 0.335. The number of benzene rings is 1. The number of rotatable bonds is 10. The molecule has 1 unspecified atom stereocenters. The van der Waals surface area contributed by atoms with Gasteiger partial charge in [-0.2, -0.15) is 0 Å². The topological polar surface area (TPSA) is 78.3 Å². The zero-order valence-corrected chi connectivity index (χ0v) is 21.8. The minimum absolute atomic E-state index is 0.